The Hall–Kier alpha value is -0.770. The van der Waals surface area contributed by atoms with Gasteiger partial charge in [-0.2, -0.15) is 0 Å². The molecule has 1 heterocycles. The van der Waals surface area contributed by atoms with E-state index in [9.17, 15) is 4.79 Å². The van der Waals surface area contributed by atoms with Gasteiger partial charge in [0.15, 0.2) is 6.23 Å². The zero-order valence-corrected chi connectivity index (χ0v) is 6.62. The number of hydrogen-bond donors (Lipinski definition) is 1. The highest BCUT2D eigenvalue weighted by atomic mass is 16.7. The van der Waals surface area contributed by atoms with Crippen LogP contribution in [0.1, 0.15) is 19.3 Å². The Morgan fingerprint density at radius 2 is 2.36 bits per heavy atom. The first-order valence-corrected chi connectivity index (χ1v) is 3.80. The highest BCUT2D eigenvalue weighted by molar-refractivity contribution is 5.57. The Balaban J connectivity index is 2.35. The minimum Gasteiger partial charge on any atom is -0.450 e. The second-order valence-electron chi connectivity index (χ2n) is 2.81. The first-order valence-electron chi connectivity index (χ1n) is 3.80. The van der Waals surface area contributed by atoms with Crippen molar-refractivity contribution in [1.82, 2.24) is 4.90 Å². The zero-order valence-electron chi connectivity index (χ0n) is 6.62. The maximum Gasteiger partial charge on any atom is 0.507 e. The molecule has 1 rings (SSSR count). The fourth-order valence-electron chi connectivity index (χ4n) is 1.31. The molecule has 11 heavy (non-hydrogen) atoms. The predicted molar refractivity (Wildman–Crippen MR) is 39.4 cm³/mol. The number of piperidine rings is 1. The molecule has 1 aliphatic rings. The molecule has 1 N–H and O–H groups in total. The van der Waals surface area contributed by atoms with Crippen molar-refractivity contribution in [3.05, 3.63) is 0 Å². The molecule has 0 aromatic heterocycles. The molecule has 0 bridgehead atoms. The molecule has 0 unspecified atom stereocenters. The summed E-state index contributed by atoms with van der Waals surface area (Å²) in [6, 6.07) is 0. The van der Waals surface area contributed by atoms with Crippen molar-refractivity contribution in [2.45, 2.75) is 25.5 Å². The molecule has 0 aromatic rings. The van der Waals surface area contributed by atoms with Crippen LogP contribution >= 0.6 is 0 Å². The second kappa shape index (κ2) is 3.57. The molecule has 1 saturated heterocycles. The average Bonchev–Trinajstić information content (AvgIpc) is 1.93. The standard InChI is InChI=1S/C7H13NO3/c1-8-5-3-2-4-6(8)11-7(9)10/h6H,2-5H2,1H3,(H,9,10)/t6-/m1/s1. The molecule has 0 radical (unpaired) electrons. The van der Waals surface area contributed by atoms with E-state index in [2.05, 4.69) is 4.74 Å². The van der Waals surface area contributed by atoms with Crippen molar-refractivity contribution in [3.63, 3.8) is 0 Å². The number of hydrogen-bond acceptors (Lipinski definition) is 3. The van der Waals surface area contributed by atoms with Crippen molar-refractivity contribution in [2.24, 2.45) is 0 Å². The second-order valence-corrected chi connectivity index (χ2v) is 2.81. The Bertz CT molecular complexity index is 149. The van der Waals surface area contributed by atoms with Gasteiger partial charge >= 0.3 is 6.16 Å². The van der Waals surface area contributed by atoms with E-state index in [0.29, 0.717) is 0 Å². The molecule has 0 amide bonds. The van der Waals surface area contributed by atoms with Gasteiger partial charge in [-0.05, 0) is 26.3 Å². The van der Waals surface area contributed by atoms with E-state index in [1.54, 1.807) is 0 Å². The van der Waals surface area contributed by atoms with Gasteiger partial charge in [0.25, 0.3) is 0 Å². The molecule has 64 valence electrons. The smallest absolute Gasteiger partial charge is 0.450 e. The predicted octanol–water partition coefficient (Wildman–Crippen LogP) is 1.12. The van der Waals surface area contributed by atoms with Crippen LogP contribution in [0.2, 0.25) is 0 Å². The van der Waals surface area contributed by atoms with Crippen molar-refractivity contribution >= 4 is 6.16 Å². The van der Waals surface area contributed by atoms with Crippen LogP contribution in [-0.2, 0) is 4.74 Å². The van der Waals surface area contributed by atoms with Crippen molar-refractivity contribution in [3.8, 4) is 0 Å². The van der Waals surface area contributed by atoms with Gasteiger partial charge < -0.3 is 9.84 Å². The molecule has 4 heteroatoms. The number of likely N-dealkylation sites (tertiary alicyclic amines) is 1. The van der Waals surface area contributed by atoms with Gasteiger partial charge in [-0.1, -0.05) is 0 Å². The molecule has 0 aliphatic carbocycles. The van der Waals surface area contributed by atoms with Crippen LogP contribution in [-0.4, -0.2) is 36.0 Å². The maximum absolute atomic E-state index is 10.2. The minimum atomic E-state index is -1.18. The summed E-state index contributed by atoms with van der Waals surface area (Å²) in [6.07, 6.45) is 1.62. The molecule has 0 saturated carbocycles. The lowest BCUT2D eigenvalue weighted by Crippen LogP contribution is -2.39. The van der Waals surface area contributed by atoms with E-state index in [1.165, 1.54) is 0 Å². The normalized spacial score (nSPS) is 26.5. The molecule has 4 nitrogen and oxygen atoms in total. The van der Waals surface area contributed by atoms with Crippen molar-refractivity contribution < 1.29 is 14.6 Å². The van der Waals surface area contributed by atoms with Crippen LogP contribution in [0.5, 0.6) is 0 Å². The summed E-state index contributed by atoms with van der Waals surface area (Å²) in [4.78, 5) is 12.1. The van der Waals surface area contributed by atoms with Gasteiger partial charge in [0.05, 0.1) is 0 Å². The first-order chi connectivity index (χ1) is 5.20. The van der Waals surface area contributed by atoms with E-state index in [1.807, 2.05) is 11.9 Å². The third-order valence-corrected chi connectivity index (χ3v) is 1.94. The highest BCUT2D eigenvalue weighted by Crippen LogP contribution is 2.15. The minimum absolute atomic E-state index is 0.221. The molecule has 0 aromatic carbocycles. The van der Waals surface area contributed by atoms with Gasteiger partial charge in [0.2, 0.25) is 0 Å². The molecule has 1 fully saturated rings. The van der Waals surface area contributed by atoms with Crippen molar-refractivity contribution in [2.75, 3.05) is 13.6 Å². The number of nitrogens with zero attached hydrogens (tertiary/aromatic N) is 1. The summed E-state index contributed by atoms with van der Waals surface area (Å²) in [5.74, 6) is 0. The fourth-order valence-corrected chi connectivity index (χ4v) is 1.31. The summed E-state index contributed by atoms with van der Waals surface area (Å²) in [5, 5.41) is 8.33. The van der Waals surface area contributed by atoms with E-state index in [4.69, 9.17) is 5.11 Å². The van der Waals surface area contributed by atoms with Crippen LogP contribution in [0.25, 0.3) is 0 Å². The molecule has 1 aliphatic heterocycles. The number of rotatable bonds is 1. The van der Waals surface area contributed by atoms with Gasteiger partial charge in [-0.15, -0.1) is 0 Å². The van der Waals surface area contributed by atoms with Crippen LogP contribution < -0.4 is 0 Å². The monoisotopic (exact) mass is 159 g/mol. The van der Waals surface area contributed by atoms with Crippen molar-refractivity contribution in [1.29, 1.82) is 0 Å². The summed E-state index contributed by atoms with van der Waals surface area (Å²) in [5.41, 5.74) is 0. The summed E-state index contributed by atoms with van der Waals surface area (Å²) in [6.45, 7) is 0.929. The first kappa shape index (κ1) is 8.33. The Morgan fingerprint density at radius 1 is 1.64 bits per heavy atom. The van der Waals surface area contributed by atoms with Crippen LogP contribution in [0, 0.1) is 0 Å². The number of ether oxygens (including phenoxy) is 1. The zero-order chi connectivity index (χ0) is 8.27. The number of carbonyl (C=O) groups is 1. The van der Waals surface area contributed by atoms with E-state index >= 15 is 0 Å². The number of carboxylic acid groups (broad SMARTS) is 1. The van der Waals surface area contributed by atoms with Crippen LogP contribution in [0.3, 0.4) is 0 Å². The topological polar surface area (TPSA) is 49.8 Å². The van der Waals surface area contributed by atoms with E-state index in [-0.39, 0.29) is 6.23 Å². The maximum atomic E-state index is 10.2. The van der Waals surface area contributed by atoms with E-state index < -0.39 is 6.16 Å². The average molecular weight is 159 g/mol. The van der Waals surface area contributed by atoms with Gasteiger partial charge in [-0.25, -0.2) is 4.79 Å². The third-order valence-electron chi connectivity index (χ3n) is 1.94. The summed E-state index contributed by atoms with van der Waals surface area (Å²) in [7, 11) is 1.88. The molecular weight excluding hydrogens is 146 g/mol. The lowest BCUT2D eigenvalue weighted by molar-refractivity contribution is -0.0427. The molecular formula is C7H13NO3. The third kappa shape index (κ3) is 2.38. The lowest BCUT2D eigenvalue weighted by Gasteiger charge is -2.30. The highest BCUT2D eigenvalue weighted by Gasteiger charge is 2.21. The molecule has 1 atom stereocenters. The van der Waals surface area contributed by atoms with Crippen LogP contribution in [0.4, 0.5) is 4.79 Å². The van der Waals surface area contributed by atoms with Gasteiger partial charge in [0.1, 0.15) is 0 Å². The largest absolute Gasteiger partial charge is 0.507 e. The molecule has 0 spiro atoms. The summed E-state index contributed by atoms with van der Waals surface area (Å²) < 4.78 is 4.65. The SMILES string of the molecule is CN1CCCC[C@H]1OC(=O)O. The summed E-state index contributed by atoms with van der Waals surface area (Å²) >= 11 is 0. The Labute approximate surface area is 65.8 Å². The quantitative estimate of drug-likeness (QED) is 0.582. The van der Waals surface area contributed by atoms with Crippen LogP contribution in [0.15, 0.2) is 0 Å². The lowest BCUT2D eigenvalue weighted by atomic mass is 10.1. The van der Waals surface area contributed by atoms with Gasteiger partial charge in [0, 0.05) is 6.54 Å². The fraction of sp³-hybridized carbons (Fsp3) is 0.857. The van der Waals surface area contributed by atoms with Gasteiger partial charge in [-0.3, -0.25) is 4.90 Å². The van der Waals surface area contributed by atoms with E-state index in [0.717, 1.165) is 25.8 Å². The Kier molecular flexibility index (Phi) is 2.70. The Morgan fingerprint density at radius 3 is 2.91 bits per heavy atom.